The van der Waals surface area contributed by atoms with E-state index in [1.807, 2.05) is 0 Å². The molecule has 1 heterocycles. The summed E-state index contributed by atoms with van der Waals surface area (Å²) in [6, 6.07) is 0. The first-order chi connectivity index (χ1) is 9.38. The highest BCUT2D eigenvalue weighted by Crippen LogP contribution is 2.45. The molecular formula is C17H33NO2. The normalized spacial score (nSPS) is 35.1. The summed E-state index contributed by atoms with van der Waals surface area (Å²) in [6.07, 6.45) is 4.89. The van der Waals surface area contributed by atoms with Crippen molar-refractivity contribution in [3.05, 3.63) is 0 Å². The van der Waals surface area contributed by atoms with Crippen LogP contribution in [0.3, 0.4) is 0 Å². The van der Waals surface area contributed by atoms with Crippen LogP contribution >= 0.6 is 0 Å². The van der Waals surface area contributed by atoms with Gasteiger partial charge in [-0.3, -0.25) is 0 Å². The summed E-state index contributed by atoms with van der Waals surface area (Å²) in [5.41, 5.74) is 0.417. The Kier molecular flexibility index (Phi) is 5.14. The molecule has 1 spiro atoms. The van der Waals surface area contributed by atoms with E-state index in [9.17, 15) is 0 Å². The Bertz CT molecular complexity index is 299. The summed E-state index contributed by atoms with van der Waals surface area (Å²) in [5.74, 6) is 0.557. The Hall–Kier alpha value is -0.120. The molecular weight excluding hydrogens is 250 g/mol. The third kappa shape index (κ3) is 3.75. The highest BCUT2D eigenvalue weighted by molar-refractivity contribution is 4.89. The molecule has 0 amide bonds. The van der Waals surface area contributed by atoms with Gasteiger partial charge >= 0.3 is 0 Å². The van der Waals surface area contributed by atoms with Crippen LogP contribution in [-0.4, -0.2) is 43.0 Å². The van der Waals surface area contributed by atoms with E-state index in [1.165, 1.54) is 12.8 Å². The fourth-order valence-corrected chi connectivity index (χ4v) is 3.66. The molecule has 0 aromatic heterocycles. The summed E-state index contributed by atoms with van der Waals surface area (Å²) in [5, 5.41) is 0. The fourth-order valence-electron chi connectivity index (χ4n) is 3.66. The third-order valence-corrected chi connectivity index (χ3v) is 5.24. The second kappa shape index (κ2) is 6.33. The first-order valence-electron chi connectivity index (χ1n) is 8.42. The standard InChI is InChI=1S/C17H33NO2/c1-6-18(7-2)12-15-13-19-17(20-15)10-8-14(9-11-17)16(3,4)5/h14-15H,6-13H2,1-5H3. The first kappa shape index (κ1) is 16.3. The molecule has 2 fully saturated rings. The van der Waals surface area contributed by atoms with E-state index in [0.717, 1.165) is 45.0 Å². The van der Waals surface area contributed by atoms with Gasteiger partial charge in [-0.15, -0.1) is 0 Å². The van der Waals surface area contributed by atoms with Gasteiger partial charge in [-0.2, -0.15) is 0 Å². The zero-order valence-corrected chi connectivity index (χ0v) is 14.1. The summed E-state index contributed by atoms with van der Waals surface area (Å²) in [4.78, 5) is 2.42. The van der Waals surface area contributed by atoms with Gasteiger partial charge in [-0.25, -0.2) is 0 Å². The molecule has 0 bridgehead atoms. The minimum Gasteiger partial charge on any atom is -0.347 e. The molecule has 0 aromatic rings. The van der Waals surface area contributed by atoms with E-state index in [-0.39, 0.29) is 11.9 Å². The molecule has 0 N–H and O–H groups in total. The Labute approximate surface area is 125 Å². The van der Waals surface area contributed by atoms with E-state index < -0.39 is 0 Å². The van der Waals surface area contributed by atoms with Crippen molar-refractivity contribution < 1.29 is 9.47 Å². The van der Waals surface area contributed by atoms with Gasteiger partial charge in [0.25, 0.3) is 0 Å². The van der Waals surface area contributed by atoms with Crippen molar-refractivity contribution in [2.75, 3.05) is 26.2 Å². The molecule has 1 unspecified atom stereocenters. The average molecular weight is 283 g/mol. The minimum absolute atomic E-state index is 0.250. The van der Waals surface area contributed by atoms with Gasteiger partial charge in [-0.1, -0.05) is 34.6 Å². The van der Waals surface area contributed by atoms with E-state index in [4.69, 9.17) is 9.47 Å². The molecule has 3 nitrogen and oxygen atoms in total. The lowest BCUT2D eigenvalue weighted by atomic mass is 9.71. The Balaban J connectivity index is 1.84. The van der Waals surface area contributed by atoms with Crippen LogP contribution in [0.2, 0.25) is 0 Å². The van der Waals surface area contributed by atoms with Gasteiger partial charge in [0.1, 0.15) is 0 Å². The number of likely N-dealkylation sites (N-methyl/N-ethyl adjacent to an activating group) is 1. The van der Waals surface area contributed by atoms with Crippen molar-refractivity contribution in [1.29, 1.82) is 0 Å². The second-order valence-electron chi connectivity index (χ2n) is 7.59. The van der Waals surface area contributed by atoms with Crippen LogP contribution in [0.25, 0.3) is 0 Å². The maximum atomic E-state index is 6.32. The highest BCUT2D eigenvalue weighted by atomic mass is 16.7. The van der Waals surface area contributed by atoms with E-state index in [2.05, 4.69) is 39.5 Å². The largest absolute Gasteiger partial charge is 0.347 e. The number of ether oxygens (including phenoxy) is 2. The van der Waals surface area contributed by atoms with Crippen molar-refractivity contribution in [1.82, 2.24) is 4.90 Å². The van der Waals surface area contributed by atoms with Crippen LogP contribution in [0.15, 0.2) is 0 Å². The number of rotatable bonds is 4. The predicted octanol–water partition coefficient (Wildman–Crippen LogP) is 3.68. The lowest BCUT2D eigenvalue weighted by Gasteiger charge is -2.41. The van der Waals surface area contributed by atoms with E-state index in [1.54, 1.807) is 0 Å². The maximum Gasteiger partial charge on any atom is 0.168 e. The molecule has 3 heteroatoms. The van der Waals surface area contributed by atoms with Gasteiger partial charge < -0.3 is 14.4 Å². The van der Waals surface area contributed by atoms with E-state index >= 15 is 0 Å². The van der Waals surface area contributed by atoms with Crippen LogP contribution in [-0.2, 0) is 9.47 Å². The molecule has 1 aliphatic heterocycles. The molecule has 0 radical (unpaired) electrons. The lowest BCUT2D eigenvalue weighted by Crippen LogP contribution is -2.40. The smallest absolute Gasteiger partial charge is 0.168 e. The summed E-state index contributed by atoms with van der Waals surface area (Å²) in [7, 11) is 0. The number of hydrogen-bond acceptors (Lipinski definition) is 3. The Morgan fingerprint density at radius 3 is 2.20 bits per heavy atom. The molecule has 2 rings (SSSR count). The Morgan fingerprint density at radius 2 is 1.70 bits per heavy atom. The first-order valence-corrected chi connectivity index (χ1v) is 8.42. The summed E-state index contributed by atoms with van der Waals surface area (Å²) < 4.78 is 12.4. The van der Waals surface area contributed by atoms with Gasteiger partial charge in [0.05, 0.1) is 12.7 Å². The van der Waals surface area contributed by atoms with Gasteiger partial charge in [0.2, 0.25) is 0 Å². The van der Waals surface area contributed by atoms with Crippen LogP contribution in [0.4, 0.5) is 0 Å². The zero-order chi connectivity index (χ0) is 14.8. The quantitative estimate of drug-likeness (QED) is 0.785. The molecule has 118 valence electrons. The van der Waals surface area contributed by atoms with E-state index in [0.29, 0.717) is 5.41 Å². The van der Waals surface area contributed by atoms with Crippen molar-refractivity contribution in [3.63, 3.8) is 0 Å². The number of hydrogen-bond donors (Lipinski definition) is 0. The molecule has 1 aliphatic carbocycles. The minimum atomic E-state index is -0.250. The van der Waals surface area contributed by atoms with Crippen molar-refractivity contribution in [2.24, 2.45) is 11.3 Å². The highest BCUT2D eigenvalue weighted by Gasteiger charge is 2.45. The van der Waals surface area contributed by atoms with Crippen LogP contribution < -0.4 is 0 Å². The monoisotopic (exact) mass is 283 g/mol. The fraction of sp³-hybridized carbons (Fsp3) is 1.00. The molecule has 1 saturated carbocycles. The molecule has 1 saturated heterocycles. The Morgan fingerprint density at radius 1 is 1.10 bits per heavy atom. The van der Waals surface area contributed by atoms with Gasteiger partial charge in [-0.05, 0) is 37.3 Å². The summed E-state index contributed by atoms with van der Waals surface area (Å²) >= 11 is 0. The molecule has 0 aromatic carbocycles. The average Bonchev–Trinajstić information content (AvgIpc) is 2.78. The lowest BCUT2D eigenvalue weighted by molar-refractivity contribution is -0.197. The van der Waals surface area contributed by atoms with Gasteiger partial charge in [0.15, 0.2) is 5.79 Å². The van der Waals surface area contributed by atoms with Crippen molar-refractivity contribution in [2.45, 2.75) is 72.2 Å². The molecule has 1 atom stereocenters. The SMILES string of the molecule is CCN(CC)CC1COC2(CCC(C(C)(C)C)CC2)O1. The third-order valence-electron chi connectivity index (χ3n) is 5.24. The van der Waals surface area contributed by atoms with Gasteiger partial charge in [0, 0.05) is 19.4 Å². The maximum absolute atomic E-state index is 6.32. The second-order valence-corrected chi connectivity index (χ2v) is 7.59. The van der Waals surface area contributed by atoms with Crippen molar-refractivity contribution >= 4 is 0 Å². The van der Waals surface area contributed by atoms with Crippen LogP contribution in [0, 0.1) is 11.3 Å². The zero-order valence-electron chi connectivity index (χ0n) is 14.1. The summed E-state index contributed by atoms with van der Waals surface area (Å²) in [6.45, 7) is 15.5. The topological polar surface area (TPSA) is 21.7 Å². The molecule has 2 aliphatic rings. The van der Waals surface area contributed by atoms with Crippen LogP contribution in [0.5, 0.6) is 0 Å². The van der Waals surface area contributed by atoms with Crippen molar-refractivity contribution in [3.8, 4) is 0 Å². The molecule has 20 heavy (non-hydrogen) atoms. The number of nitrogens with zero attached hydrogens (tertiary/aromatic N) is 1. The van der Waals surface area contributed by atoms with Crippen LogP contribution in [0.1, 0.15) is 60.3 Å². The predicted molar refractivity (Wildman–Crippen MR) is 82.8 cm³/mol.